The zero-order valence-corrected chi connectivity index (χ0v) is 14.1. The highest BCUT2D eigenvalue weighted by Crippen LogP contribution is 2.24. The predicted octanol–water partition coefficient (Wildman–Crippen LogP) is 0.959. The number of carbonyl (C=O) groups excluding carboxylic acids is 1. The monoisotopic (exact) mass is 331 g/mol. The number of nitrogens with one attached hydrogen (secondary N) is 1. The van der Waals surface area contributed by atoms with Gasteiger partial charge in [-0.05, 0) is 33.0 Å². The van der Waals surface area contributed by atoms with Gasteiger partial charge in [-0.2, -0.15) is 5.10 Å². The van der Waals surface area contributed by atoms with E-state index in [1.54, 1.807) is 0 Å². The van der Waals surface area contributed by atoms with Gasteiger partial charge in [0.1, 0.15) is 6.10 Å². The van der Waals surface area contributed by atoms with Crippen LogP contribution >= 0.6 is 12.2 Å². The minimum atomic E-state index is -0.211. The second kappa shape index (κ2) is 9.70. The average molecular weight is 331 g/mol. The molecule has 2 atom stereocenters. The zero-order valence-electron chi connectivity index (χ0n) is 13.3. The molecule has 1 fully saturated rings. The minimum absolute atomic E-state index is 0.100. The topological polar surface area (TPSA) is 95.2 Å². The van der Waals surface area contributed by atoms with E-state index in [9.17, 15) is 4.79 Å². The van der Waals surface area contributed by atoms with E-state index in [0.717, 1.165) is 5.71 Å². The van der Waals surface area contributed by atoms with Gasteiger partial charge in [0, 0.05) is 18.6 Å². The molecule has 0 radical (unpaired) electrons. The summed E-state index contributed by atoms with van der Waals surface area (Å²) < 4.78 is 16.1. The van der Waals surface area contributed by atoms with Crippen LogP contribution in [-0.4, -0.2) is 48.8 Å². The maximum Gasteiger partial charge on any atom is 0.309 e. The number of hydrogen-bond donors (Lipinski definition) is 2. The molecule has 0 spiro atoms. The summed E-state index contributed by atoms with van der Waals surface area (Å²) in [6, 6.07) is 0. The summed E-state index contributed by atoms with van der Waals surface area (Å²) in [5, 5.41) is 4.09. The molecule has 0 aromatic heterocycles. The van der Waals surface area contributed by atoms with Gasteiger partial charge in [-0.25, -0.2) is 0 Å². The molecule has 1 saturated heterocycles. The van der Waals surface area contributed by atoms with Crippen LogP contribution in [0, 0.1) is 5.92 Å². The van der Waals surface area contributed by atoms with Crippen LogP contribution in [0.25, 0.3) is 0 Å². The first kappa shape index (κ1) is 18.8. The fraction of sp³-hybridized carbons (Fsp3) is 0.786. The maximum absolute atomic E-state index is 11.8. The minimum Gasteiger partial charge on any atom is -0.460 e. The summed E-state index contributed by atoms with van der Waals surface area (Å²) in [5.41, 5.74) is 8.55. The lowest BCUT2D eigenvalue weighted by Gasteiger charge is -2.11. The first-order chi connectivity index (χ1) is 10.4. The van der Waals surface area contributed by atoms with Gasteiger partial charge in [0.15, 0.2) is 5.11 Å². The Morgan fingerprint density at radius 1 is 1.55 bits per heavy atom. The number of thiocarbonyl (C=S) groups is 1. The maximum atomic E-state index is 11.8. The van der Waals surface area contributed by atoms with Crippen LogP contribution < -0.4 is 11.2 Å². The third-order valence-electron chi connectivity index (χ3n) is 3.04. The van der Waals surface area contributed by atoms with Crippen molar-refractivity contribution in [2.75, 3.05) is 19.8 Å². The molecule has 1 rings (SSSR count). The van der Waals surface area contributed by atoms with Crippen molar-refractivity contribution < 1.29 is 19.0 Å². The standard InChI is InChI=1S/C14H25N3O4S/c1-9(2)20-5-4-19-8-12-7-11(13(18)21-12)6-10(3)16-17-14(15)22/h9,11-12H,4-8H2,1-3H3,(H3,15,17,22)/t11-,12+/m1/s1. The molecule has 0 unspecified atom stereocenters. The first-order valence-electron chi connectivity index (χ1n) is 7.37. The van der Waals surface area contributed by atoms with Crippen LogP contribution in [0.5, 0.6) is 0 Å². The Bertz CT molecular complexity index is 415. The summed E-state index contributed by atoms with van der Waals surface area (Å²) in [4.78, 5) is 11.8. The molecule has 0 aliphatic carbocycles. The van der Waals surface area contributed by atoms with Crippen molar-refractivity contribution in [2.45, 2.75) is 45.8 Å². The largest absolute Gasteiger partial charge is 0.460 e. The van der Waals surface area contributed by atoms with Gasteiger partial charge in [0.25, 0.3) is 0 Å². The van der Waals surface area contributed by atoms with Crippen LogP contribution in [0.1, 0.15) is 33.6 Å². The van der Waals surface area contributed by atoms with E-state index < -0.39 is 0 Å². The lowest BCUT2D eigenvalue weighted by Crippen LogP contribution is -2.25. The molecule has 1 aliphatic rings. The summed E-state index contributed by atoms with van der Waals surface area (Å²) in [7, 11) is 0. The summed E-state index contributed by atoms with van der Waals surface area (Å²) in [6.45, 7) is 7.18. The van der Waals surface area contributed by atoms with E-state index in [-0.39, 0.29) is 29.2 Å². The van der Waals surface area contributed by atoms with Gasteiger partial charge in [-0.1, -0.05) is 0 Å². The zero-order chi connectivity index (χ0) is 16.5. The number of ether oxygens (including phenoxy) is 3. The Kier molecular flexibility index (Phi) is 8.29. The molecule has 3 N–H and O–H groups in total. The van der Waals surface area contributed by atoms with Crippen molar-refractivity contribution >= 4 is 29.0 Å². The Labute approximate surface area is 136 Å². The summed E-state index contributed by atoms with van der Waals surface area (Å²) in [6.07, 6.45) is 1.13. The van der Waals surface area contributed by atoms with E-state index in [4.69, 9.17) is 19.9 Å². The molecule has 22 heavy (non-hydrogen) atoms. The van der Waals surface area contributed by atoms with Crippen molar-refractivity contribution in [2.24, 2.45) is 16.8 Å². The summed E-state index contributed by atoms with van der Waals surface area (Å²) in [5.74, 6) is -0.408. The quantitative estimate of drug-likeness (QED) is 0.214. The van der Waals surface area contributed by atoms with E-state index in [0.29, 0.717) is 32.7 Å². The van der Waals surface area contributed by atoms with Gasteiger partial charge in [0.2, 0.25) is 0 Å². The lowest BCUT2D eigenvalue weighted by atomic mass is 9.99. The number of cyclic esters (lactones) is 1. The molecule has 7 nitrogen and oxygen atoms in total. The number of hydrazone groups is 1. The fourth-order valence-electron chi connectivity index (χ4n) is 2.10. The molecular formula is C14H25N3O4S. The van der Waals surface area contributed by atoms with Crippen LogP contribution in [0.4, 0.5) is 0 Å². The first-order valence-corrected chi connectivity index (χ1v) is 7.77. The highest BCUT2D eigenvalue weighted by atomic mass is 32.1. The number of nitrogens with two attached hydrogens (primary N) is 1. The van der Waals surface area contributed by atoms with Crippen LogP contribution in [0.15, 0.2) is 5.10 Å². The molecule has 0 aromatic carbocycles. The Morgan fingerprint density at radius 2 is 2.27 bits per heavy atom. The molecule has 0 bridgehead atoms. The molecule has 0 amide bonds. The molecule has 1 heterocycles. The van der Waals surface area contributed by atoms with Crippen molar-refractivity contribution in [3.05, 3.63) is 0 Å². The number of carbonyl (C=O) groups is 1. The third-order valence-corrected chi connectivity index (χ3v) is 3.14. The number of rotatable bonds is 9. The van der Waals surface area contributed by atoms with Crippen molar-refractivity contribution in [3.63, 3.8) is 0 Å². The molecule has 1 aliphatic heterocycles. The molecule has 0 aromatic rings. The Balaban J connectivity index is 2.25. The van der Waals surface area contributed by atoms with Crippen molar-refractivity contribution in [1.29, 1.82) is 0 Å². The normalized spacial score (nSPS) is 22.0. The van der Waals surface area contributed by atoms with Crippen molar-refractivity contribution in [1.82, 2.24) is 5.43 Å². The third kappa shape index (κ3) is 7.67. The second-order valence-electron chi connectivity index (χ2n) is 5.51. The molecule has 126 valence electrons. The van der Waals surface area contributed by atoms with Crippen molar-refractivity contribution in [3.8, 4) is 0 Å². The fourth-order valence-corrected chi connectivity index (χ4v) is 2.15. The average Bonchev–Trinajstić information content (AvgIpc) is 2.76. The highest BCUT2D eigenvalue weighted by molar-refractivity contribution is 7.80. The number of hydrogen-bond acceptors (Lipinski definition) is 6. The van der Waals surface area contributed by atoms with Crippen LogP contribution in [-0.2, 0) is 19.0 Å². The highest BCUT2D eigenvalue weighted by Gasteiger charge is 2.34. The van der Waals surface area contributed by atoms with Gasteiger partial charge in [-0.3, -0.25) is 10.2 Å². The van der Waals surface area contributed by atoms with E-state index >= 15 is 0 Å². The predicted molar refractivity (Wildman–Crippen MR) is 87.5 cm³/mol. The molecule has 8 heteroatoms. The van der Waals surface area contributed by atoms with Gasteiger partial charge in [0.05, 0.1) is 31.8 Å². The van der Waals surface area contributed by atoms with Gasteiger partial charge >= 0.3 is 5.97 Å². The van der Waals surface area contributed by atoms with Crippen LogP contribution in [0.2, 0.25) is 0 Å². The Hall–Kier alpha value is -1.25. The Morgan fingerprint density at radius 3 is 2.91 bits per heavy atom. The van der Waals surface area contributed by atoms with E-state index in [1.165, 1.54) is 0 Å². The number of nitrogens with zero attached hydrogens (tertiary/aromatic N) is 1. The molecule has 0 saturated carbocycles. The molecular weight excluding hydrogens is 306 g/mol. The summed E-state index contributed by atoms with van der Waals surface area (Å²) >= 11 is 4.66. The van der Waals surface area contributed by atoms with Crippen LogP contribution in [0.3, 0.4) is 0 Å². The van der Waals surface area contributed by atoms with E-state index in [2.05, 4.69) is 22.7 Å². The van der Waals surface area contributed by atoms with Gasteiger partial charge < -0.3 is 19.9 Å². The lowest BCUT2D eigenvalue weighted by molar-refractivity contribution is -0.146. The number of esters is 1. The SMILES string of the molecule is CC(C[C@@H]1C[C@@H](COCCOC(C)C)OC1=O)=NNC(N)=S. The van der Waals surface area contributed by atoms with E-state index in [1.807, 2.05) is 20.8 Å². The van der Waals surface area contributed by atoms with Gasteiger partial charge in [-0.15, -0.1) is 0 Å². The smallest absolute Gasteiger partial charge is 0.309 e. The second-order valence-corrected chi connectivity index (χ2v) is 5.95.